The molecule has 0 aromatic carbocycles. The van der Waals surface area contributed by atoms with Gasteiger partial charge in [-0.15, -0.1) is 0 Å². The molecule has 0 bridgehead atoms. The van der Waals surface area contributed by atoms with Crippen LogP contribution in [0.1, 0.15) is 39.5 Å². The third kappa shape index (κ3) is 4.80. The molecule has 0 aromatic heterocycles. The second kappa shape index (κ2) is 8.26. The zero-order chi connectivity index (χ0) is 8.27. The Morgan fingerprint density at radius 1 is 1.38 bits per heavy atom. The minimum Gasteiger partial charge on any atom is -1.00 e. The minimum atomic E-state index is 0. The number of unbranched alkanes of at least 4 members (excludes halogenated alkanes) is 1. The predicted octanol–water partition coefficient (Wildman–Crippen LogP) is -2.66. The van der Waals surface area contributed by atoms with E-state index in [4.69, 9.17) is 0 Å². The second-order valence-electron chi connectivity index (χ2n) is 3.19. The molecule has 0 N–H and O–H groups in total. The van der Waals surface area contributed by atoms with Crippen LogP contribution < -0.4 is 24.8 Å². The molecule has 0 nitrogen and oxygen atoms in total. The summed E-state index contributed by atoms with van der Waals surface area (Å²) in [5.74, 6) is 0. The Hall–Kier alpha value is 0.930. The summed E-state index contributed by atoms with van der Waals surface area (Å²) >= 11 is 1.25. The summed E-state index contributed by atoms with van der Waals surface area (Å²) in [5, 5.41) is 0. The smallest absolute Gasteiger partial charge is 1.00 e. The predicted molar refractivity (Wildman–Crippen MR) is 44.9 cm³/mol. The van der Waals surface area contributed by atoms with Crippen LogP contribution >= 0.6 is 0 Å². The van der Waals surface area contributed by atoms with Crippen molar-refractivity contribution in [2.75, 3.05) is 0 Å². The summed E-state index contributed by atoms with van der Waals surface area (Å²) in [6, 6.07) is 0. The van der Waals surface area contributed by atoms with E-state index in [0.717, 1.165) is 0 Å². The first-order chi connectivity index (χ1) is 5.25. The van der Waals surface area contributed by atoms with Crippen molar-refractivity contribution in [3.8, 4) is 0 Å². The summed E-state index contributed by atoms with van der Waals surface area (Å²) in [5.41, 5.74) is 3.29. The molecule has 0 unspecified atom stereocenters. The Labute approximate surface area is 109 Å². The van der Waals surface area contributed by atoms with Crippen LogP contribution in [0.5, 0.6) is 0 Å². The second-order valence-corrected chi connectivity index (χ2v) is 4.99. The SMILES string of the molecule is CCCCC1=CCC(C)=[C]1[Hf+2].[Cl-].[Cl-]. The maximum absolute atomic E-state index is 2.42. The molecule has 0 atom stereocenters. The zero-order valence-electron chi connectivity index (χ0n) is 8.16. The molecule has 0 fully saturated rings. The number of halogens is 2. The molecule has 0 aromatic rings. The van der Waals surface area contributed by atoms with Gasteiger partial charge in [0.25, 0.3) is 0 Å². The van der Waals surface area contributed by atoms with E-state index in [1.165, 1.54) is 50.1 Å². The van der Waals surface area contributed by atoms with Crippen molar-refractivity contribution in [1.82, 2.24) is 0 Å². The molecule has 0 amide bonds. The maximum Gasteiger partial charge on any atom is -1.00 e. The monoisotopic (exact) mass is 385 g/mol. The molecule has 0 saturated carbocycles. The van der Waals surface area contributed by atoms with E-state index in [1.807, 2.05) is 0 Å². The average molecular weight is 385 g/mol. The maximum atomic E-state index is 2.42. The van der Waals surface area contributed by atoms with Crippen molar-refractivity contribution >= 4 is 0 Å². The molecule has 0 spiro atoms. The Balaban J connectivity index is 0. The van der Waals surface area contributed by atoms with Gasteiger partial charge in [0.15, 0.2) is 0 Å². The van der Waals surface area contributed by atoms with Crippen LogP contribution in [-0.4, -0.2) is 0 Å². The number of rotatable bonds is 3. The van der Waals surface area contributed by atoms with E-state index in [-0.39, 0.29) is 24.8 Å². The normalized spacial score (nSPS) is 14.9. The molecule has 0 aliphatic heterocycles. The molecule has 3 heteroatoms. The number of hydrogen-bond acceptors (Lipinski definition) is 0. The van der Waals surface area contributed by atoms with E-state index in [0.29, 0.717) is 0 Å². The summed E-state index contributed by atoms with van der Waals surface area (Å²) in [6.45, 7) is 4.54. The first kappa shape index (κ1) is 16.4. The summed E-state index contributed by atoms with van der Waals surface area (Å²) in [6.07, 6.45) is 7.67. The van der Waals surface area contributed by atoms with Crippen molar-refractivity contribution in [1.29, 1.82) is 0 Å². The quantitative estimate of drug-likeness (QED) is 0.466. The summed E-state index contributed by atoms with van der Waals surface area (Å²) < 4.78 is 1.69. The first-order valence-corrected chi connectivity index (χ1v) is 6.16. The van der Waals surface area contributed by atoms with Gasteiger partial charge in [-0.25, -0.2) is 0 Å². The molecule has 73 valence electrons. The number of allylic oxidation sites excluding steroid dienone is 4. The number of hydrogen-bond donors (Lipinski definition) is 0. The van der Waals surface area contributed by atoms with Gasteiger partial charge in [0.2, 0.25) is 0 Å². The Morgan fingerprint density at radius 2 is 2.00 bits per heavy atom. The van der Waals surface area contributed by atoms with Gasteiger partial charge in [-0.1, -0.05) is 0 Å². The zero-order valence-corrected chi connectivity index (χ0v) is 13.3. The largest absolute Gasteiger partial charge is 1.00 e. The molecule has 0 heterocycles. The molecular weight excluding hydrogens is 370 g/mol. The van der Waals surface area contributed by atoms with Crippen molar-refractivity contribution in [3.63, 3.8) is 0 Å². The van der Waals surface area contributed by atoms with E-state index in [2.05, 4.69) is 19.9 Å². The molecular formula is C10H15Cl2Hf. The molecule has 0 radical (unpaired) electrons. The summed E-state index contributed by atoms with van der Waals surface area (Å²) in [7, 11) is 0. The standard InChI is InChI=1S/C10H15.2ClH.Hf/c1-3-4-5-10-7-6-9(2)8-10;;;/h7H,3-6H2,1-2H3;2*1H;/q;;;+2/p-2. The summed E-state index contributed by atoms with van der Waals surface area (Å²) in [4.78, 5) is 0. The van der Waals surface area contributed by atoms with Crippen LogP contribution in [0.15, 0.2) is 20.6 Å². The van der Waals surface area contributed by atoms with Crippen molar-refractivity contribution in [2.45, 2.75) is 39.5 Å². The van der Waals surface area contributed by atoms with E-state index < -0.39 is 0 Å². The van der Waals surface area contributed by atoms with Gasteiger partial charge in [-0.2, -0.15) is 0 Å². The Kier molecular flexibility index (Phi) is 10.4. The minimum absolute atomic E-state index is 0. The van der Waals surface area contributed by atoms with Gasteiger partial charge in [-0.05, 0) is 0 Å². The molecule has 0 saturated heterocycles. The van der Waals surface area contributed by atoms with Gasteiger partial charge >= 0.3 is 84.5 Å². The van der Waals surface area contributed by atoms with Gasteiger partial charge < -0.3 is 24.8 Å². The Bertz CT molecular complexity index is 207. The molecule has 1 aliphatic carbocycles. The van der Waals surface area contributed by atoms with Gasteiger partial charge in [0, 0.05) is 0 Å². The fourth-order valence-electron chi connectivity index (χ4n) is 1.35. The van der Waals surface area contributed by atoms with Gasteiger partial charge in [0.05, 0.1) is 0 Å². The fraction of sp³-hybridized carbons (Fsp3) is 0.600. The third-order valence-corrected chi connectivity index (χ3v) is 4.89. The van der Waals surface area contributed by atoms with Gasteiger partial charge in [0.1, 0.15) is 0 Å². The van der Waals surface area contributed by atoms with Crippen LogP contribution in [0.3, 0.4) is 0 Å². The van der Waals surface area contributed by atoms with Crippen LogP contribution in [-0.2, 0) is 24.4 Å². The van der Waals surface area contributed by atoms with Crippen molar-refractivity contribution < 1.29 is 49.2 Å². The Morgan fingerprint density at radius 3 is 2.38 bits per heavy atom. The van der Waals surface area contributed by atoms with Crippen molar-refractivity contribution in [2.24, 2.45) is 0 Å². The van der Waals surface area contributed by atoms with Crippen molar-refractivity contribution in [3.05, 3.63) is 20.6 Å². The first-order valence-electron chi connectivity index (χ1n) is 4.36. The van der Waals surface area contributed by atoms with Crippen LogP contribution in [0.25, 0.3) is 0 Å². The van der Waals surface area contributed by atoms with E-state index in [1.54, 1.807) is 14.5 Å². The van der Waals surface area contributed by atoms with E-state index >= 15 is 0 Å². The third-order valence-electron chi connectivity index (χ3n) is 2.20. The molecule has 13 heavy (non-hydrogen) atoms. The topological polar surface area (TPSA) is 0 Å². The average Bonchev–Trinajstić information content (AvgIpc) is 2.31. The van der Waals surface area contributed by atoms with E-state index in [9.17, 15) is 0 Å². The fourth-order valence-corrected chi connectivity index (χ4v) is 2.53. The van der Waals surface area contributed by atoms with Crippen LogP contribution in [0.4, 0.5) is 0 Å². The van der Waals surface area contributed by atoms with Crippen LogP contribution in [0, 0.1) is 0 Å². The molecule has 1 rings (SSSR count). The van der Waals surface area contributed by atoms with Crippen LogP contribution in [0.2, 0.25) is 0 Å². The van der Waals surface area contributed by atoms with Gasteiger partial charge in [-0.3, -0.25) is 0 Å². The molecule has 1 aliphatic rings.